The predicted octanol–water partition coefficient (Wildman–Crippen LogP) is 5.13. The van der Waals surface area contributed by atoms with Gasteiger partial charge < -0.3 is 15.2 Å². The van der Waals surface area contributed by atoms with Gasteiger partial charge in [0.1, 0.15) is 6.61 Å². The van der Waals surface area contributed by atoms with Crippen LogP contribution < -0.4 is 15.2 Å². The number of nitrogens with two attached hydrogens (primary N) is 1. The van der Waals surface area contributed by atoms with E-state index in [0.29, 0.717) is 12.5 Å². The fourth-order valence-corrected chi connectivity index (χ4v) is 2.45. The molecule has 2 aromatic carbocycles. The summed E-state index contributed by atoms with van der Waals surface area (Å²) < 4.78 is 11.4. The summed E-state index contributed by atoms with van der Waals surface area (Å²) in [6.45, 7) is 4.96. The van der Waals surface area contributed by atoms with Crippen LogP contribution in [0.2, 0.25) is 0 Å². The van der Waals surface area contributed by atoms with Crippen LogP contribution in [0.25, 0.3) is 0 Å². The molecular weight excluding hydrogens is 322 g/mol. The summed E-state index contributed by atoms with van der Waals surface area (Å²) in [5.41, 5.74) is 8.51. The van der Waals surface area contributed by atoms with Gasteiger partial charge in [-0.2, -0.15) is 0 Å². The van der Waals surface area contributed by atoms with Gasteiger partial charge in [0.05, 0.1) is 7.11 Å². The van der Waals surface area contributed by atoms with Crippen molar-refractivity contribution in [2.45, 2.75) is 39.3 Å². The second-order valence-corrected chi connectivity index (χ2v) is 6.26. The van der Waals surface area contributed by atoms with Crippen LogP contribution in [0.15, 0.2) is 48.5 Å². The van der Waals surface area contributed by atoms with Crippen molar-refractivity contribution in [3.8, 4) is 11.5 Å². The van der Waals surface area contributed by atoms with E-state index in [-0.39, 0.29) is 18.4 Å². The third-order valence-electron chi connectivity index (χ3n) is 3.91. The molecule has 0 radical (unpaired) electrons. The van der Waals surface area contributed by atoms with Crippen molar-refractivity contribution in [1.29, 1.82) is 0 Å². The molecule has 2 rings (SSSR count). The Labute approximate surface area is 151 Å². The van der Waals surface area contributed by atoms with Crippen molar-refractivity contribution in [3.05, 3.63) is 59.7 Å². The van der Waals surface area contributed by atoms with Crippen LogP contribution in [-0.2, 0) is 6.61 Å². The number of halogens is 1. The topological polar surface area (TPSA) is 44.5 Å². The molecule has 0 aliphatic carbocycles. The minimum Gasteiger partial charge on any atom is -0.493 e. The number of methoxy groups -OCH3 is 1. The Balaban J connectivity index is 0.00000288. The number of hydrogen-bond donors (Lipinski definition) is 1. The molecule has 0 saturated carbocycles. The lowest BCUT2D eigenvalue weighted by Gasteiger charge is -2.17. The molecule has 0 aliphatic rings. The summed E-state index contributed by atoms with van der Waals surface area (Å²) in [5.74, 6) is 2.14. The Morgan fingerprint density at radius 1 is 0.958 bits per heavy atom. The fraction of sp³-hybridized carbons (Fsp3) is 0.400. The zero-order valence-electron chi connectivity index (χ0n) is 14.7. The van der Waals surface area contributed by atoms with E-state index >= 15 is 0 Å². The molecule has 0 bridgehead atoms. The van der Waals surface area contributed by atoms with Crippen LogP contribution in [0.4, 0.5) is 0 Å². The number of hydrogen-bond acceptors (Lipinski definition) is 3. The van der Waals surface area contributed by atoms with Crippen molar-refractivity contribution in [2.24, 2.45) is 11.7 Å². The van der Waals surface area contributed by atoms with Crippen molar-refractivity contribution >= 4 is 12.4 Å². The number of rotatable bonds is 8. The zero-order chi connectivity index (χ0) is 16.7. The van der Waals surface area contributed by atoms with Crippen molar-refractivity contribution in [2.75, 3.05) is 7.11 Å². The summed E-state index contributed by atoms with van der Waals surface area (Å²) in [5, 5.41) is 0. The molecule has 132 valence electrons. The Bertz CT molecular complexity index is 602. The molecule has 0 amide bonds. The van der Waals surface area contributed by atoms with Crippen LogP contribution in [0.1, 0.15) is 43.9 Å². The summed E-state index contributed by atoms with van der Waals surface area (Å²) >= 11 is 0. The normalized spacial score (nSPS) is 11.7. The molecular formula is C20H28ClNO2. The van der Waals surface area contributed by atoms with E-state index in [1.165, 1.54) is 0 Å². The first kappa shape index (κ1) is 20.3. The van der Waals surface area contributed by atoms with Gasteiger partial charge in [0, 0.05) is 6.04 Å². The molecule has 0 spiro atoms. The van der Waals surface area contributed by atoms with Gasteiger partial charge >= 0.3 is 0 Å². The van der Waals surface area contributed by atoms with E-state index in [1.807, 2.05) is 48.5 Å². The third kappa shape index (κ3) is 6.06. The number of ether oxygens (including phenoxy) is 2. The highest BCUT2D eigenvalue weighted by Gasteiger charge is 2.12. The monoisotopic (exact) mass is 349 g/mol. The molecule has 0 fully saturated rings. The lowest BCUT2D eigenvalue weighted by molar-refractivity contribution is 0.284. The highest BCUT2D eigenvalue weighted by molar-refractivity contribution is 5.85. The minimum absolute atomic E-state index is 0. The van der Waals surface area contributed by atoms with Crippen LogP contribution in [0.3, 0.4) is 0 Å². The van der Waals surface area contributed by atoms with Crippen molar-refractivity contribution in [1.82, 2.24) is 0 Å². The molecule has 4 heteroatoms. The van der Waals surface area contributed by atoms with Crippen LogP contribution in [-0.4, -0.2) is 7.11 Å². The maximum atomic E-state index is 6.29. The molecule has 0 heterocycles. The summed E-state index contributed by atoms with van der Waals surface area (Å²) in [6.07, 6.45) is 2.10. The van der Waals surface area contributed by atoms with Crippen molar-refractivity contribution in [3.63, 3.8) is 0 Å². The standard InChI is InChI=1S/C20H27NO2.ClH/c1-15(2)9-11-18(21)17-10-12-19(20(13-17)22-3)23-14-16-7-5-4-6-8-16;/h4-8,10,12-13,15,18H,9,11,14,21H2,1-3H3;1H/t18-;/m0./s1. The molecule has 2 aromatic rings. The molecule has 2 N–H and O–H groups in total. The third-order valence-corrected chi connectivity index (χ3v) is 3.91. The molecule has 0 saturated heterocycles. The second-order valence-electron chi connectivity index (χ2n) is 6.26. The van der Waals surface area contributed by atoms with Gasteiger partial charge in [0.25, 0.3) is 0 Å². The summed E-state index contributed by atoms with van der Waals surface area (Å²) in [4.78, 5) is 0. The maximum absolute atomic E-state index is 6.29. The first-order chi connectivity index (χ1) is 11.1. The average molecular weight is 350 g/mol. The summed E-state index contributed by atoms with van der Waals surface area (Å²) in [7, 11) is 1.66. The molecule has 0 aliphatic heterocycles. The second kappa shape index (κ2) is 10.2. The van der Waals surface area contributed by atoms with E-state index in [9.17, 15) is 0 Å². The Morgan fingerprint density at radius 2 is 1.67 bits per heavy atom. The smallest absolute Gasteiger partial charge is 0.161 e. The van der Waals surface area contributed by atoms with E-state index in [4.69, 9.17) is 15.2 Å². The molecule has 1 atom stereocenters. The Hall–Kier alpha value is -1.71. The van der Waals surface area contributed by atoms with Gasteiger partial charge in [-0.1, -0.05) is 50.2 Å². The maximum Gasteiger partial charge on any atom is 0.161 e. The Kier molecular flexibility index (Phi) is 8.66. The van der Waals surface area contributed by atoms with Gasteiger partial charge in [0.2, 0.25) is 0 Å². The molecule has 24 heavy (non-hydrogen) atoms. The van der Waals surface area contributed by atoms with Gasteiger partial charge in [-0.25, -0.2) is 0 Å². The van der Waals surface area contributed by atoms with E-state index in [0.717, 1.165) is 35.5 Å². The molecule has 0 unspecified atom stereocenters. The first-order valence-electron chi connectivity index (χ1n) is 8.20. The van der Waals surface area contributed by atoms with Crippen LogP contribution >= 0.6 is 12.4 Å². The average Bonchev–Trinajstić information content (AvgIpc) is 2.58. The van der Waals surface area contributed by atoms with Gasteiger partial charge in [-0.15, -0.1) is 12.4 Å². The highest BCUT2D eigenvalue weighted by atomic mass is 35.5. The Morgan fingerprint density at radius 3 is 2.29 bits per heavy atom. The van der Waals surface area contributed by atoms with Crippen molar-refractivity contribution < 1.29 is 9.47 Å². The lowest BCUT2D eigenvalue weighted by Crippen LogP contribution is -2.11. The van der Waals surface area contributed by atoms with E-state index in [2.05, 4.69) is 13.8 Å². The minimum atomic E-state index is 0. The van der Waals surface area contributed by atoms with Crippen LogP contribution in [0, 0.1) is 5.92 Å². The van der Waals surface area contributed by atoms with E-state index < -0.39 is 0 Å². The van der Waals surface area contributed by atoms with Crippen LogP contribution in [0.5, 0.6) is 11.5 Å². The molecule has 3 nitrogen and oxygen atoms in total. The number of benzene rings is 2. The SMILES string of the molecule is COc1cc([C@@H](N)CCC(C)C)ccc1OCc1ccccc1.Cl. The van der Waals surface area contributed by atoms with E-state index in [1.54, 1.807) is 7.11 Å². The zero-order valence-corrected chi connectivity index (χ0v) is 15.5. The largest absolute Gasteiger partial charge is 0.493 e. The summed E-state index contributed by atoms with van der Waals surface area (Å²) in [6, 6.07) is 16.1. The predicted molar refractivity (Wildman–Crippen MR) is 102 cm³/mol. The first-order valence-corrected chi connectivity index (χ1v) is 8.20. The van der Waals surface area contributed by atoms with Gasteiger partial charge in [-0.3, -0.25) is 0 Å². The van der Waals surface area contributed by atoms with Gasteiger partial charge in [-0.05, 0) is 42.0 Å². The van der Waals surface area contributed by atoms with Gasteiger partial charge in [0.15, 0.2) is 11.5 Å². The quantitative estimate of drug-likeness (QED) is 0.718. The molecule has 0 aromatic heterocycles. The highest BCUT2D eigenvalue weighted by Crippen LogP contribution is 2.31. The fourth-order valence-electron chi connectivity index (χ4n) is 2.45. The lowest BCUT2D eigenvalue weighted by atomic mass is 9.98.